The molecule has 1 amide bonds. The Balaban J connectivity index is 0.000000325. The minimum atomic E-state index is -1.82. The highest BCUT2D eigenvalue weighted by Crippen LogP contribution is 1.93. The quantitative estimate of drug-likeness (QED) is 0.205. The molecule has 0 aliphatic heterocycles. The number of nitrogens with one attached hydrogen (secondary N) is 1. The Kier molecular flexibility index (Phi) is 5.83. The van der Waals surface area contributed by atoms with Crippen LogP contribution in [0.2, 0.25) is 0 Å². The van der Waals surface area contributed by atoms with Crippen LogP contribution in [0.3, 0.4) is 0 Å². The third-order valence-electron chi connectivity index (χ3n) is 1.26. The van der Waals surface area contributed by atoms with Crippen molar-refractivity contribution in [1.82, 2.24) is 10.4 Å². The number of carboxylic acids is 2. The van der Waals surface area contributed by atoms with Gasteiger partial charge in [0.25, 0.3) is 5.91 Å². The molecule has 8 nitrogen and oxygen atoms in total. The Hall–Kier alpha value is -2.48. The van der Waals surface area contributed by atoms with Gasteiger partial charge in [-0.3, -0.25) is 15.2 Å². The number of hydrogen-bond acceptors (Lipinski definition) is 5. The SMILES string of the molecule is NNC(=O)c1ccncc1.O=C(O)C(=O)O. The summed E-state index contributed by atoms with van der Waals surface area (Å²) >= 11 is 0. The van der Waals surface area contributed by atoms with Crippen molar-refractivity contribution < 1.29 is 24.6 Å². The standard InChI is InChI=1S/C6H7N3O.C2H2O4/c7-9-6(10)5-1-3-8-4-2-5;3-1(4)2(5)6/h1-4H,7H2,(H,9,10);(H,3,4)(H,5,6). The molecule has 0 radical (unpaired) electrons. The summed E-state index contributed by atoms with van der Waals surface area (Å²) < 4.78 is 0. The molecule has 0 fully saturated rings. The molecular formula is C8H9N3O5. The number of aliphatic carboxylic acids is 2. The second-order valence-corrected chi connectivity index (χ2v) is 2.32. The number of nitrogens with two attached hydrogens (primary N) is 1. The lowest BCUT2D eigenvalue weighted by Crippen LogP contribution is -2.29. The van der Waals surface area contributed by atoms with E-state index in [0.717, 1.165) is 0 Å². The number of rotatable bonds is 1. The minimum Gasteiger partial charge on any atom is -0.473 e. The van der Waals surface area contributed by atoms with E-state index in [4.69, 9.17) is 25.6 Å². The molecule has 0 saturated heterocycles. The average Bonchev–Trinajstić information content (AvgIpc) is 2.30. The monoisotopic (exact) mass is 227 g/mol. The summed E-state index contributed by atoms with van der Waals surface area (Å²) in [5.74, 6) is 0.933. The van der Waals surface area contributed by atoms with Gasteiger partial charge in [0, 0.05) is 18.0 Å². The first-order valence-electron chi connectivity index (χ1n) is 3.86. The third-order valence-corrected chi connectivity index (χ3v) is 1.26. The number of nitrogens with zero attached hydrogens (tertiary/aromatic N) is 1. The topological polar surface area (TPSA) is 143 Å². The molecule has 1 aromatic heterocycles. The Bertz CT molecular complexity index is 367. The number of pyridine rings is 1. The summed E-state index contributed by atoms with van der Waals surface area (Å²) in [6.45, 7) is 0. The molecule has 0 spiro atoms. The number of carbonyl (C=O) groups is 3. The van der Waals surface area contributed by atoms with Crippen molar-refractivity contribution >= 4 is 17.8 Å². The van der Waals surface area contributed by atoms with Gasteiger partial charge >= 0.3 is 11.9 Å². The summed E-state index contributed by atoms with van der Waals surface area (Å²) in [5.41, 5.74) is 2.53. The number of hydrazine groups is 1. The highest BCUT2D eigenvalue weighted by molar-refractivity contribution is 6.27. The summed E-state index contributed by atoms with van der Waals surface area (Å²) in [6, 6.07) is 3.17. The average molecular weight is 227 g/mol. The fourth-order valence-electron chi connectivity index (χ4n) is 0.587. The van der Waals surface area contributed by atoms with Crippen LogP contribution in [0.25, 0.3) is 0 Å². The maximum Gasteiger partial charge on any atom is 0.414 e. The van der Waals surface area contributed by atoms with E-state index < -0.39 is 11.9 Å². The zero-order chi connectivity index (χ0) is 12.6. The van der Waals surface area contributed by atoms with Gasteiger partial charge in [0.1, 0.15) is 0 Å². The molecule has 1 rings (SSSR count). The highest BCUT2D eigenvalue weighted by atomic mass is 16.4. The van der Waals surface area contributed by atoms with E-state index in [1.54, 1.807) is 12.1 Å². The van der Waals surface area contributed by atoms with Crippen LogP contribution < -0.4 is 11.3 Å². The van der Waals surface area contributed by atoms with Crippen LogP contribution >= 0.6 is 0 Å². The van der Waals surface area contributed by atoms with Crippen molar-refractivity contribution in [2.45, 2.75) is 0 Å². The molecule has 5 N–H and O–H groups in total. The van der Waals surface area contributed by atoms with Crippen LogP contribution in [0.5, 0.6) is 0 Å². The molecule has 86 valence electrons. The Morgan fingerprint density at radius 2 is 1.56 bits per heavy atom. The number of carboxylic acid groups (broad SMARTS) is 2. The van der Waals surface area contributed by atoms with E-state index in [1.165, 1.54) is 12.4 Å². The summed E-state index contributed by atoms with van der Waals surface area (Å²) in [4.78, 5) is 32.7. The van der Waals surface area contributed by atoms with Crippen LogP contribution in [0, 0.1) is 0 Å². The van der Waals surface area contributed by atoms with E-state index >= 15 is 0 Å². The molecule has 0 bridgehead atoms. The zero-order valence-electron chi connectivity index (χ0n) is 7.95. The van der Waals surface area contributed by atoms with E-state index in [2.05, 4.69) is 4.98 Å². The largest absolute Gasteiger partial charge is 0.473 e. The highest BCUT2D eigenvalue weighted by Gasteiger charge is 2.04. The van der Waals surface area contributed by atoms with Gasteiger partial charge in [0.05, 0.1) is 0 Å². The number of carbonyl (C=O) groups excluding carboxylic acids is 1. The lowest BCUT2D eigenvalue weighted by Gasteiger charge is -1.95. The van der Waals surface area contributed by atoms with E-state index in [-0.39, 0.29) is 5.91 Å². The Labute approximate surface area is 89.7 Å². The summed E-state index contributed by atoms with van der Waals surface area (Å²) in [6.07, 6.45) is 3.06. The van der Waals surface area contributed by atoms with Crippen LogP contribution in [0.15, 0.2) is 24.5 Å². The number of aromatic nitrogens is 1. The van der Waals surface area contributed by atoms with Gasteiger partial charge in [-0.15, -0.1) is 0 Å². The Morgan fingerprint density at radius 1 is 1.12 bits per heavy atom. The van der Waals surface area contributed by atoms with Crippen LogP contribution in [-0.2, 0) is 9.59 Å². The fourth-order valence-corrected chi connectivity index (χ4v) is 0.587. The first-order valence-corrected chi connectivity index (χ1v) is 3.86. The third kappa shape index (κ3) is 5.29. The zero-order valence-corrected chi connectivity index (χ0v) is 7.95. The minimum absolute atomic E-state index is 0.303. The second kappa shape index (κ2) is 6.90. The van der Waals surface area contributed by atoms with E-state index in [1.807, 2.05) is 5.43 Å². The molecule has 0 atom stereocenters. The molecule has 0 unspecified atom stereocenters. The van der Waals surface area contributed by atoms with Crippen molar-refractivity contribution in [3.05, 3.63) is 30.1 Å². The fraction of sp³-hybridized carbons (Fsp3) is 0. The lowest BCUT2D eigenvalue weighted by molar-refractivity contribution is -0.159. The van der Waals surface area contributed by atoms with Gasteiger partial charge in [-0.25, -0.2) is 15.4 Å². The van der Waals surface area contributed by atoms with E-state index in [0.29, 0.717) is 5.56 Å². The molecule has 16 heavy (non-hydrogen) atoms. The molecule has 8 heteroatoms. The maximum absolute atomic E-state index is 10.7. The van der Waals surface area contributed by atoms with Gasteiger partial charge in [0.2, 0.25) is 0 Å². The van der Waals surface area contributed by atoms with Crippen LogP contribution in [0.4, 0.5) is 0 Å². The molecule has 1 aromatic rings. The molecule has 0 saturated carbocycles. The van der Waals surface area contributed by atoms with Crippen molar-refractivity contribution in [1.29, 1.82) is 0 Å². The number of nitrogen functional groups attached to an aromatic ring is 1. The first kappa shape index (κ1) is 13.5. The van der Waals surface area contributed by atoms with Gasteiger partial charge in [-0.2, -0.15) is 0 Å². The molecule has 0 aliphatic rings. The smallest absolute Gasteiger partial charge is 0.414 e. The molecule has 0 aliphatic carbocycles. The van der Waals surface area contributed by atoms with Crippen molar-refractivity contribution in [3.63, 3.8) is 0 Å². The summed E-state index contributed by atoms with van der Waals surface area (Å²) in [7, 11) is 0. The van der Waals surface area contributed by atoms with Crippen LogP contribution in [-0.4, -0.2) is 33.0 Å². The van der Waals surface area contributed by atoms with Crippen molar-refractivity contribution in [2.75, 3.05) is 0 Å². The molecular weight excluding hydrogens is 218 g/mol. The second-order valence-electron chi connectivity index (χ2n) is 2.32. The molecule has 0 aromatic carbocycles. The van der Waals surface area contributed by atoms with Crippen LogP contribution in [0.1, 0.15) is 10.4 Å². The normalized spacial score (nSPS) is 8.31. The Morgan fingerprint density at radius 3 is 1.88 bits per heavy atom. The van der Waals surface area contributed by atoms with Gasteiger partial charge in [0.15, 0.2) is 0 Å². The first-order chi connectivity index (χ1) is 7.49. The van der Waals surface area contributed by atoms with Gasteiger partial charge < -0.3 is 10.2 Å². The predicted octanol–water partition coefficient (Wildman–Crippen LogP) is -1.16. The molecule has 1 heterocycles. The lowest BCUT2D eigenvalue weighted by atomic mass is 10.3. The number of amides is 1. The summed E-state index contributed by atoms with van der Waals surface area (Å²) in [5, 5.41) is 14.8. The van der Waals surface area contributed by atoms with Gasteiger partial charge in [-0.1, -0.05) is 0 Å². The van der Waals surface area contributed by atoms with Gasteiger partial charge in [-0.05, 0) is 12.1 Å². The predicted molar refractivity (Wildman–Crippen MR) is 51.2 cm³/mol. The van der Waals surface area contributed by atoms with E-state index in [9.17, 15) is 4.79 Å². The van der Waals surface area contributed by atoms with Crippen molar-refractivity contribution in [3.8, 4) is 0 Å². The van der Waals surface area contributed by atoms with Crippen molar-refractivity contribution in [2.24, 2.45) is 5.84 Å². The number of hydrogen-bond donors (Lipinski definition) is 4. The maximum atomic E-state index is 10.7.